The van der Waals surface area contributed by atoms with Crippen molar-refractivity contribution in [3.8, 4) is 0 Å². The Morgan fingerprint density at radius 2 is 2.62 bits per heavy atom. The van der Waals surface area contributed by atoms with Crippen LogP contribution >= 0.6 is 0 Å². The zero-order chi connectivity index (χ0) is 5.82. The third kappa shape index (κ3) is 1.34. The summed E-state index contributed by atoms with van der Waals surface area (Å²) < 4.78 is 0. The van der Waals surface area contributed by atoms with Crippen LogP contribution in [-0.2, 0) is 0 Å². The molecule has 1 saturated heterocycles. The van der Waals surface area contributed by atoms with Gasteiger partial charge in [0, 0.05) is 6.54 Å². The molecule has 46 valence electrons. The van der Waals surface area contributed by atoms with E-state index >= 15 is 0 Å². The van der Waals surface area contributed by atoms with Gasteiger partial charge in [-0.05, 0) is 25.9 Å². The lowest BCUT2D eigenvalue weighted by Gasteiger charge is -2.09. The van der Waals surface area contributed by atoms with E-state index in [4.69, 9.17) is 0 Å². The van der Waals surface area contributed by atoms with Crippen LogP contribution < -0.4 is 0 Å². The maximum atomic E-state index is 3.68. The zero-order valence-corrected chi connectivity index (χ0v) is 5.27. The molecule has 0 aromatic rings. The molecule has 0 aromatic carbocycles. The lowest BCUT2D eigenvalue weighted by molar-refractivity contribution is 0.377. The Morgan fingerprint density at radius 3 is 3.12 bits per heavy atom. The molecule has 0 radical (unpaired) electrons. The van der Waals surface area contributed by atoms with Crippen LogP contribution in [-0.4, -0.2) is 24.5 Å². The van der Waals surface area contributed by atoms with Crippen molar-refractivity contribution in [2.75, 3.05) is 19.6 Å². The summed E-state index contributed by atoms with van der Waals surface area (Å²) in [5.41, 5.74) is 0. The van der Waals surface area contributed by atoms with Crippen LogP contribution in [0.1, 0.15) is 12.8 Å². The second-order valence-corrected chi connectivity index (χ2v) is 2.30. The Labute approximate surface area is 51.0 Å². The van der Waals surface area contributed by atoms with Crippen molar-refractivity contribution in [1.82, 2.24) is 4.90 Å². The first kappa shape index (κ1) is 5.83. The topological polar surface area (TPSA) is 3.24 Å². The van der Waals surface area contributed by atoms with E-state index in [9.17, 15) is 0 Å². The normalized spacial score (nSPS) is 21.5. The second kappa shape index (κ2) is 2.88. The number of nitrogens with zero attached hydrogens (tertiary/aromatic N) is 1. The van der Waals surface area contributed by atoms with Crippen LogP contribution in [0.2, 0.25) is 0 Å². The Balaban J connectivity index is 2.14. The summed E-state index contributed by atoms with van der Waals surface area (Å²) in [6.45, 7) is 7.33. The number of rotatable bonds is 2. The summed E-state index contributed by atoms with van der Waals surface area (Å²) in [7, 11) is 0. The van der Waals surface area contributed by atoms with E-state index in [2.05, 4.69) is 11.5 Å². The highest BCUT2D eigenvalue weighted by atomic mass is 15.5. The molecule has 1 aliphatic rings. The summed E-state index contributed by atoms with van der Waals surface area (Å²) in [5, 5.41) is 0. The van der Waals surface area contributed by atoms with Crippen molar-refractivity contribution in [2.45, 2.75) is 12.8 Å². The molecule has 0 atom stereocenters. The number of hydrogen-bond donors (Lipinski definition) is 0. The molecule has 1 fully saturated rings. The number of likely N-dealkylation sites (tertiary alicyclic amines) is 1. The van der Waals surface area contributed by atoms with E-state index in [1.165, 1.54) is 25.9 Å². The van der Waals surface area contributed by atoms with Crippen molar-refractivity contribution in [1.29, 1.82) is 0 Å². The molecule has 1 heterocycles. The molecular weight excluding hydrogens is 100 g/mol. The quantitative estimate of drug-likeness (QED) is 0.487. The molecule has 1 rings (SSSR count). The molecule has 0 saturated carbocycles. The molecule has 8 heavy (non-hydrogen) atoms. The van der Waals surface area contributed by atoms with Gasteiger partial charge in [0.05, 0.1) is 0 Å². The minimum absolute atomic E-state index is 1.08. The fourth-order valence-electron chi connectivity index (χ4n) is 1.15. The molecule has 0 bridgehead atoms. The molecule has 0 N–H and O–H groups in total. The minimum Gasteiger partial charge on any atom is -0.300 e. The maximum absolute atomic E-state index is 3.68. The first-order chi connectivity index (χ1) is 3.93. The van der Waals surface area contributed by atoms with Gasteiger partial charge in [0.2, 0.25) is 0 Å². The molecule has 0 aromatic heterocycles. The first-order valence-electron chi connectivity index (χ1n) is 3.27. The van der Waals surface area contributed by atoms with Crippen LogP contribution in [0.5, 0.6) is 0 Å². The zero-order valence-electron chi connectivity index (χ0n) is 5.27. The summed E-state index contributed by atoms with van der Waals surface area (Å²) in [6, 6.07) is 0. The molecule has 0 unspecified atom stereocenters. The van der Waals surface area contributed by atoms with Gasteiger partial charge in [0.25, 0.3) is 0 Å². The molecule has 1 aliphatic heterocycles. The third-order valence-corrected chi connectivity index (χ3v) is 1.59. The summed E-state index contributed by atoms with van der Waals surface area (Å²) in [4.78, 5) is 2.42. The first-order valence-corrected chi connectivity index (χ1v) is 3.27. The molecule has 0 aliphatic carbocycles. The largest absolute Gasteiger partial charge is 0.300 e. The van der Waals surface area contributed by atoms with Gasteiger partial charge in [-0.3, -0.25) is 4.90 Å². The van der Waals surface area contributed by atoms with Crippen molar-refractivity contribution in [3.05, 3.63) is 12.7 Å². The molecule has 1 heteroatoms. The Morgan fingerprint density at radius 1 is 1.75 bits per heavy atom. The van der Waals surface area contributed by atoms with Crippen LogP contribution in [0, 0.1) is 0 Å². The van der Waals surface area contributed by atoms with Gasteiger partial charge in [-0.15, -0.1) is 6.58 Å². The third-order valence-electron chi connectivity index (χ3n) is 1.59. The Kier molecular flexibility index (Phi) is 2.10. The van der Waals surface area contributed by atoms with E-state index in [1.54, 1.807) is 0 Å². The lowest BCUT2D eigenvalue weighted by Crippen LogP contribution is -2.18. The Bertz CT molecular complexity index is 72.5. The van der Waals surface area contributed by atoms with E-state index in [0.29, 0.717) is 0 Å². The van der Waals surface area contributed by atoms with Gasteiger partial charge in [-0.1, -0.05) is 6.08 Å². The van der Waals surface area contributed by atoms with Gasteiger partial charge in [0.1, 0.15) is 0 Å². The van der Waals surface area contributed by atoms with E-state index in [1.807, 2.05) is 6.08 Å². The minimum atomic E-state index is 1.08. The summed E-state index contributed by atoms with van der Waals surface area (Å²) in [5.74, 6) is 0. The maximum Gasteiger partial charge on any atom is 0.0160 e. The molecule has 0 amide bonds. The van der Waals surface area contributed by atoms with E-state index in [0.717, 1.165) is 6.54 Å². The molecule has 1 nitrogen and oxygen atoms in total. The number of hydrogen-bond acceptors (Lipinski definition) is 1. The van der Waals surface area contributed by atoms with Crippen molar-refractivity contribution < 1.29 is 0 Å². The average molecular weight is 113 g/mol. The van der Waals surface area contributed by atoms with Crippen LogP contribution in [0.15, 0.2) is 12.7 Å². The summed E-state index contributed by atoms with van der Waals surface area (Å²) >= 11 is 0. The second-order valence-electron chi connectivity index (χ2n) is 2.30. The fourth-order valence-corrected chi connectivity index (χ4v) is 1.15. The Hall–Kier alpha value is -0.300. The van der Waals surface area contributed by atoms with Crippen LogP contribution in [0.3, 0.4) is 0 Å². The van der Waals surface area contributed by atoms with Crippen LogP contribution in [0.25, 0.3) is 0 Å². The highest BCUT2D eigenvalue weighted by Crippen LogP contribution is 2.05. The highest BCUT2D eigenvalue weighted by Gasteiger charge is 2.07. The average Bonchev–Trinajstić information content (AvgIpc) is 2.19. The smallest absolute Gasteiger partial charge is 0.0160 e. The van der Waals surface area contributed by atoms with Crippen molar-refractivity contribution in [3.63, 3.8) is 0 Å². The molecule has 0 spiro atoms. The molecular formula is C7H13N. The van der Waals surface area contributed by atoms with Crippen LogP contribution in [0.4, 0.5) is 0 Å². The standard InChI is InChI=1S/C7H13N/c1-2-5-8-6-3-4-7-8/h2H,1,3-7H2/i6+2. The monoisotopic (exact) mass is 113 g/mol. The van der Waals surface area contributed by atoms with Gasteiger partial charge in [-0.2, -0.15) is 0 Å². The lowest BCUT2D eigenvalue weighted by atomic mass is 10.4. The van der Waals surface area contributed by atoms with Gasteiger partial charge in [0.15, 0.2) is 0 Å². The predicted molar refractivity (Wildman–Crippen MR) is 35.9 cm³/mol. The van der Waals surface area contributed by atoms with Crippen molar-refractivity contribution >= 4 is 0 Å². The summed E-state index contributed by atoms with van der Waals surface area (Å²) in [6.07, 6.45) is 4.74. The SMILES string of the molecule is C=CCN1CCC[14CH2]1. The fraction of sp³-hybridized carbons (Fsp3) is 0.714. The van der Waals surface area contributed by atoms with E-state index in [-0.39, 0.29) is 0 Å². The van der Waals surface area contributed by atoms with Crippen molar-refractivity contribution in [2.24, 2.45) is 0 Å². The predicted octanol–water partition coefficient (Wildman–Crippen LogP) is 1.27. The highest BCUT2D eigenvalue weighted by molar-refractivity contribution is 4.76. The van der Waals surface area contributed by atoms with Gasteiger partial charge in [-0.25, -0.2) is 0 Å². The van der Waals surface area contributed by atoms with Gasteiger partial charge >= 0.3 is 0 Å². The van der Waals surface area contributed by atoms with Gasteiger partial charge < -0.3 is 0 Å². The van der Waals surface area contributed by atoms with E-state index < -0.39 is 0 Å².